The number of halogens is 5. The molecule has 0 aromatic carbocycles. The number of rotatable bonds is 0. The van der Waals surface area contributed by atoms with Crippen LogP contribution in [0.25, 0.3) is 0 Å². The molecule has 47 valence electrons. The van der Waals surface area contributed by atoms with Crippen LogP contribution in [0.5, 0.6) is 0 Å². The molecule has 0 atom stereocenters. The molecular formula is H5BiI5Na2. The first-order valence-corrected chi connectivity index (χ1v) is 0. The molecule has 8 heteroatoms. The zero-order chi connectivity index (χ0) is 0. The van der Waals surface area contributed by atoms with Crippen molar-refractivity contribution in [2.45, 2.75) is 0 Å². The van der Waals surface area contributed by atoms with E-state index in [4.69, 9.17) is 0 Å². The van der Waals surface area contributed by atoms with Crippen molar-refractivity contribution in [2.75, 3.05) is 0 Å². The van der Waals surface area contributed by atoms with E-state index in [1.54, 1.807) is 0 Å². The normalized spacial score (nSPS) is 0. The second kappa shape index (κ2) is 49.8. The van der Waals surface area contributed by atoms with Gasteiger partial charge in [-0.2, -0.15) is 0 Å². The van der Waals surface area contributed by atoms with Gasteiger partial charge in [-0.05, 0) is 0 Å². The van der Waals surface area contributed by atoms with Gasteiger partial charge in [-0.25, -0.2) is 0 Å². The zero-order valence-electron chi connectivity index (χ0n) is 2.60. The van der Waals surface area contributed by atoms with Crippen LogP contribution in [0.4, 0.5) is 0 Å². The monoisotopic (exact) mass is 895 g/mol. The van der Waals surface area contributed by atoms with E-state index in [1.807, 2.05) is 0 Å². The Bertz CT molecular complexity index is 10.4. The van der Waals surface area contributed by atoms with Gasteiger partial charge in [0.2, 0.25) is 0 Å². The molecule has 0 unspecified atom stereocenters. The molecule has 0 rings (SSSR count). The summed E-state index contributed by atoms with van der Waals surface area (Å²) in [5.74, 6) is 0. The molecule has 0 fully saturated rings. The van der Waals surface area contributed by atoms with E-state index < -0.39 is 0 Å². The fraction of sp³-hybridized carbons (Fsp3) is 0. The summed E-state index contributed by atoms with van der Waals surface area (Å²) < 4.78 is 0. The van der Waals surface area contributed by atoms with Gasteiger partial charge in [-0.1, -0.05) is 0 Å². The van der Waals surface area contributed by atoms with Crippen molar-refractivity contribution in [2.24, 2.45) is 0 Å². The molecule has 0 N–H and O–H groups in total. The predicted molar refractivity (Wildman–Crippen MR) is 94.3 cm³/mol. The quantitative estimate of drug-likeness (QED) is 0.258. The van der Waals surface area contributed by atoms with Gasteiger partial charge in [-0.3, -0.25) is 0 Å². The van der Waals surface area contributed by atoms with Gasteiger partial charge in [0.1, 0.15) is 0 Å². The molecule has 5 radical (unpaired) electrons. The van der Waals surface area contributed by atoms with E-state index in [2.05, 4.69) is 0 Å². The molecule has 0 saturated carbocycles. The Balaban J connectivity index is 0. The fourth-order valence-corrected chi connectivity index (χ4v) is 0. The van der Waals surface area contributed by atoms with Crippen LogP contribution in [0.1, 0.15) is 0 Å². The first kappa shape index (κ1) is 62.4. The van der Waals surface area contributed by atoms with Crippen LogP contribution in [0.2, 0.25) is 0 Å². The molecule has 0 aromatic rings. The predicted octanol–water partition coefficient (Wildman–Crippen LogP) is 1.95. The van der Waals surface area contributed by atoms with Gasteiger partial charge in [-0.15, -0.1) is 0 Å². The van der Waals surface area contributed by atoms with Gasteiger partial charge >= 0.3 is 85.3 Å². The maximum absolute atomic E-state index is 0. The summed E-state index contributed by atoms with van der Waals surface area (Å²) in [6.07, 6.45) is 0. The summed E-state index contributed by atoms with van der Waals surface area (Å²) in [5, 5.41) is 0. The molecule has 0 bridgehead atoms. The van der Waals surface area contributed by atoms with Crippen LogP contribution in [0.3, 0.4) is 0 Å². The molecule has 0 spiro atoms. The standard InChI is InChI=1S/Bi.5I.2Na.5H. The topological polar surface area (TPSA) is 0 Å². The molecule has 0 amide bonds. The van der Waals surface area contributed by atoms with Gasteiger partial charge < -0.3 is 0 Å². The van der Waals surface area contributed by atoms with Crippen molar-refractivity contribution in [1.82, 2.24) is 0 Å². The fourth-order valence-electron chi connectivity index (χ4n) is 0. The Morgan fingerprint density at radius 1 is 0.375 bits per heavy atom. The summed E-state index contributed by atoms with van der Waals surface area (Å²) in [6, 6.07) is 0. The molecule has 0 aliphatic heterocycles. The van der Waals surface area contributed by atoms with Crippen LogP contribution >= 0.6 is 120 Å². The van der Waals surface area contributed by atoms with Gasteiger partial charge in [0, 0.05) is 120 Å². The molecule has 8 heavy (non-hydrogen) atoms. The Kier molecular flexibility index (Phi) is 388. The maximum atomic E-state index is 0. The van der Waals surface area contributed by atoms with Crippen molar-refractivity contribution in [3.05, 3.63) is 0 Å². The van der Waals surface area contributed by atoms with Crippen molar-refractivity contribution >= 4 is 205 Å². The van der Waals surface area contributed by atoms with E-state index in [1.165, 1.54) is 0 Å². The summed E-state index contributed by atoms with van der Waals surface area (Å²) in [7, 11) is 0. The van der Waals surface area contributed by atoms with Gasteiger partial charge in [0.15, 0.2) is 0 Å². The third-order valence-corrected chi connectivity index (χ3v) is 0. The second-order valence-electron chi connectivity index (χ2n) is 0. The van der Waals surface area contributed by atoms with Crippen molar-refractivity contribution in [1.29, 1.82) is 0 Å². The summed E-state index contributed by atoms with van der Waals surface area (Å²) in [6.45, 7) is 0. The van der Waals surface area contributed by atoms with Crippen LogP contribution in [0.15, 0.2) is 0 Å². The molecule has 0 nitrogen and oxygen atoms in total. The van der Waals surface area contributed by atoms with Crippen molar-refractivity contribution < 1.29 is 0 Å². The van der Waals surface area contributed by atoms with Crippen molar-refractivity contribution in [3.8, 4) is 0 Å². The van der Waals surface area contributed by atoms with Crippen LogP contribution in [-0.4, -0.2) is 85.3 Å². The third kappa shape index (κ3) is 39.1. The molecule has 0 saturated heterocycles. The SMILES string of the molecule is [BiH3].[I].[I].[I].[I].[I].[NaH].[NaH]. The van der Waals surface area contributed by atoms with Crippen LogP contribution in [-0.2, 0) is 0 Å². The second-order valence-corrected chi connectivity index (χ2v) is 0. The molecule has 0 heterocycles. The van der Waals surface area contributed by atoms with E-state index >= 15 is 0 Å². The zero-order valence-corrected chi connectivity index (χ0v) is 18.9. The van der Waals surface area contributed by atoms with E-state index in [9.17, 15) is 0 Å². The molecular weight excluding hydrogens is 889 g/mol. The summed E-state index contributed by atoms with van der Waals surface area (Å²) in [5.41, 5.74) is 0. The average Bonchev–Trinajstić information content (AvgIpc) is 0. The van der Waals surface area contributed by atoms with E-state index in [-0.39, 0.29) is 205 Å². The average molecular weight is 895 g/mol. The Hall–Kier alpha value is 6.53. The van der Waals surface area contributed by atoms with Crippen molar-refractivity contribution in [3.63, 3.8) is 0 Å². The molecule has 0 aromatic heterocycles. The minimum absolute atomic E-state index is 0. The van der Waals surface area contributed by atoms with E-state index in [0.717, 1.165) is 0 Å². The molecule has 0 aliphatic rings. The Labute approximate surface area is 199 Å². The van der Waals surface area contributed by atoms with Crippen LogP contribution < -0.4 is 0 Å². The number of hydrogen-bond acceptors (Lipinski definition) is 0. The third-order valence-electron chi connectivity index (χ3n) is 0. The minimum atomic E-state index is 0. The van der Waals surface area contributed by atoms with E-state index in [0.29, 0.717) is 0 Å². The first-order valence-electron chi connectivity index (χ1n) is 0. The Morgan fingerprint density at radius 3 is 0.375 bits per heavy atom. The molecule has 0 aliphatic carbocycles. The summed E-state index contributed by atoms with van der Waals surface area (Å²) >= 11 is 0. The van der Waals surface area contributed by atoms with Gasteiger partial charge in [0.25, 0.3) is 0 Å². The number of hydrogen-bond donors (Lipinski definition) is 0. The van der Waals surface area contributed by atoms with Gasteiger partial charge in [0.05, 0.1) is 0 Å². The first-order chi connectivity index (χ1) is 0. The van der Waals surface area contributed by atoms with Crippen LogP contribution in [0, 0.1) is 0 Å². The Morgan fingerprint density at radius 2 is 0.375 bits per heavy atom. The summed E-state index contributed by atoms with van der Waals surface area (Å²) in [4.78, 5) is 0.